The van der Waals surface area contributed by atoms with E-state index in [9.17, 15) is 4.79 Å². The Morgan fingerprint density at radius 3 is 2.55 bits per heavy atom. The van der Waals surface area contributed by atoms with E-state index in [4.69, 9.17) is 0 Å². The molecule has 0 aromatic heterocycles. The molecule has 2 N–H and O–H groups in total. The molecule has 2 aliphatic rings. The predicted molar refractivity (Wildman–Crippen MR) is 83.6 cm³/mol. The van der Waals surface area contributed by atoms with Crippen molar-refractivity contribution in [3.8, 4) is 0 Å². The third kappa shape index (κ3) is 5.08. The molecule has 116 valence electrons. The van der Waals surface area contributed by atoms with E-state index < -0.39 is 0 Å². The minimum absolute atomic E-state index is 0.245. The highest BCUT2D eigenvalue weighted by Gasteiger charge is 2.23. The van der Waals surface area contributed by atoms with Crippen molar-refractivity contribution in [2.75, 3.05) is 19.6 Å². The number of hydrogen-bond donors (Lipinski definition) is 2. The Morgan fingerprint density at radius 2 is 1.90 bits per heavy atom. The molecule has 3 heteroatoms. The molecular weight excluding hydrogens is 248 g/mol. The van der Waals surface area contributed by atoms with E-state index in [-0.39, 0.29) is 5.92 Å². The SMILES string of the molecule is CCC(CC1CCCCC1)C(=O)NCC1CCCNC1. The van der Waals surface area contributed by atoms with Gasteiger partial charge in [-0.2, -0.15) is 0 Å². The summed E-state index contributed by atoms with van der Waals surface area (Å²) in [5.41, 5.74) is 0. The Labute approximate surface area is 124 Å². The Morgan fingerprint density at radius 1 is 1.15 bits per heavy atom. The minimum Gasteiger partial charge on any atom is -0.356 e. The Hall–Kier alpha value is -0.570. The molecule has 1 aliphatic carbocycles. The van der Waals surface area contributed by atoms with Gasteiger partial charge in [-0.3, -0.25) is 4.79 Å². The van der Waals surface area contributed by atoms with Gasteiger partial charge in [0, 0.05) is 12.5 Å². The molecule has 1 saturated heterocycles. The van der Waals surface area contributed by atoms with Gasteiger partial charge in [-0.1, -0.05) is 39.0 Å². The van der Waals surface area contributed by atoms with Crippen molar-refractivity contribution in [1.82, 2.24) is 10.6 Å². The lowest BCUT2D eigenvalue weighted by molar-refractivity contribution is -0.126. The summed E-state index contributed by atoms with van der Waals surface area (Å²) in [6.07, 6.45) is 11.4. The number of carbonyl (C=O) groups excluding carboxylic acids is 1. The molecule has 2 fully saturated rings. The van der Waals surface area contributed by atoms with Gasteiger partial charge in [0.25, 0.3) is 0 Å². The first-order valence-corrected chi connectivity index (χ1v) is 8.78. The lowest BCUT2D eigenvalue weighted by atomic mass is 9.81. The number of piperidine rings is 1. The monoisotopic (exact) mass is 280 g/mol. The Kier molecular flexibility index (Phi) is 6.85. The summed E-state index contributed by atoms with van der Waals surface area (Å²) in [4.78, 5) is 12.4. The summed E-state index contributed by atoms with van der Waals surface area (Å²) in [5.74, 6) is 1.99. The number of nitrogens with one attached hydrogen (secondary N) is 2. The van der Waals surface area contributed by atoms with E-state index in [1.165, 1.54) is 44.9 Å². The molecule has 1 aliphatic heterocycles. The van der Waals surface area contributed by atoms with Gasteiger partial charge in [-0.15, -0.1) is 0 Å². The van der Waals surface area contributed by atoms with Crippen LogP contribution in [0.15, 0.2) is 0 Å². The molecule has 2 rings (SSSR count). The van der Waals surface area contributed by atoms with Crippen molar-refractivity contribution in [3.05, 3.63) is 0 Å². The molecule has 1 heterocycles. The number of rotatable bonds is 6. The quantitative estimate of drug-likeness (QED) is 0.785. The zero-order chi connectivity index (χ0) is 14.2. The van der Waals surface area contributed by atoms with Crippen LogP contribution in [0.2, 0.25) is 0 Å². The van der Waals surface area contributed by atoms with E-state index in [0.29, 0.717) is 11.8 Å². The molecule has 20 heavy (non-hydrogen) atoms. The van der Waals surface area contributed by atoms with Crippen LogP contribution in [0, 0.1) is 17.8 Å². The normalized spacial score (nSPS) is 26.1. The highest BCUT2D eigenvalue weighted by Crippen LogP contribution is 2.30. The second-order valence-electron chi connectivity index (χ2n) is 6.80. The van der Waals surface area contributed by atoms with Gasteiger partial charge in [0.2, 0.25) is 5.91 Å². The Balaban J connectivity index is 1.70. The van der Waals surface area contributed by atoms with Crippen LogP contribution in [0.25, 0.3) is 0 Å². The van der Waals surface area contributed by atoms with Crippen LogP contribution in [-0.2, 0) is 4.79 Å². The summed E-state index contributed by atoms with van der Waals surface area (Å²) in [6, 6.07) is 0. The molecule has 2 atom stereocenters. The maximum Gasteiger partial charge on any atom is 0.223 e. The third-order valence-corrected chi connectivity index (χ3v) is 5.17. The maximum atomic E-state index is 12.4. The Bertz CT molecular complexity index is 281. The van der Waals surface area contributed by atoms with E-state index in [2.05, 4.69) is 17.6 Å². The van der Waals surface area contributed by atoms with Crippen LogP contribution in [-0.4, -0.2) is 25.5 Å². The van der Waals surface area contributed by atoms with Gasteiger partial charge in [-0.25, -0.2) is 0 Å². The topological polar surface area (TPSA) is 41.1 Å². The maximum absolute atomic E-state index is 12.4. The second-order valence-corrected chi connectivity index (χ2v) is 6.80. The molecule has 3 nitrogen and oxygen atoms in total. The fourth-order valence-corrected chi connectivity index (χ4v) is 3.77. The van der Waals surface area contributed by atoms with Gasteiger partial charge in [-0.05, 0) is 50.6 Å². The van der Waals surface area contributed by atoms with Crippen molar-refractivity contribution >= 4 is 5.91 Å². The van der Waals surface area contributed by atoms with Crippen molar-refractivity contribution < 1.29 is 4.79 Å². The minimum atomic E-state index is 0.245. The van der Waals surface area contributed by atoms with E-state index in [1.807, 2.05) is 0 Å². The number of carbonyl (C=O) groups is 1. The zero-order valence-electron chi connectivity index (χ0n) is 13.1. The van der Waals surface area contributed by atoms with E-state index in [1.54, 1.807) is 0 Å². The molecular formula is C17H32N2O. The zero-order valence-corrected chi connectivity index (χ0v) is 13.1. The smallest absolute Gasteiger partial charge is 0.223 e. The average molecular weight is 280 g/mol. The van der Waals surface area contributed by atoms with E-state index >= 15 is 0 Å². The van der Waals surface area contributed by atoms with Crippen molar-refractivity contribution in [1.29, 1.82) is 0 Å². The van der Waals surface area contributed by atoms with Crippen LogP contribution < -0.4 is 10.6 Å². The average Bonchev–Trinajstić information content (AvgIpc) is 2.52. The van der Waals surface area contributed by atoms with Crippen LogP contribution in [0.1, 0.15) is 64.7 Å². The van der Waals surface area contributed by atoms with Crippen molar-refractivity contribution in [3.63, 3.8) is 0 Å². The van der Waals surface area contributed by atoms with Crippen LogP contribution in [0.5, 0.6) is 0 Å². The lowest BCUT2D eigenvalue weighted by Crippen LogP contribution is -2.40. The highest BCUT2D eigenvalue weighted by atomic mass is 16.1. The summed E-state index contributed by atoms with van der Waals surface area (Å²) < 4.78 is 0. The van der Waals surface area contributed by atoms with Crippen molar-refractivity contribution in [2.24, 2.45) is 17.8 Å². The molecule has 0 spiro atoms. The van der Waals surface area contributed by atoms with Gasteiger partial charge >= 0.3 is 0 Å². The first-order valence-electron chi connectivity index (χ1n) is 8.78. The fourth-order valence-electron chi connectivity index (χ4n) is 3.77. The third-order valence-electron chi connectivity index (χ3n) is 5.17. The molecule has 0 bridgehead atoms. The largest absolute Gasteiger partial charge is 0.356 e. The molecule has 2 unspecified atom stereocenters. The van der Waals surface area contributed by atoms with Crippen LogP contribution in [0.4, 0.5) is 0 Å². The van der Waals surface area contributed by atoms with Gasteiger partial charge in [0.05, 0.1) is 0 Å². The molecule has 1 amide bonds. The summed E-state index contributed by atoms with van der Waals surface area (Å²) in [5, 5.41) is 6.63. The first-order chi connectivity index (χ1) is 9.79. The van der Waals surface area contributed by atoms with Gasteiger partial charge in [0.1, 0.15) is 0 Å². The molecule has 1 saturated carbocycles. The number of amides is 1. The second kappa shape index (κ2) is 8.66. The molecule has 0 radical (unpaired) electrons. The molecule has 0 aromatic carbocycles. The summed E-state index contributed by atoms with van der Waals surface area (Å²) in [6.45, 7) is 5.24. The summed E-state index contributed by atoms with van der Waals surface area (Å²) >= 11 is 0. The standard InChI is InChI=1S/C17H32N2O/c1-2-16(11-14-7-4-3-5-8-14)17(20)19-13-15-9-6-10-18-12-15/h14-16,18H,2-13H2,1H3,(H,19,20). The van der Waals surface area contributed by atoms with Crippen LogP contribution >= 0.6 is 0 Å². The van der Waals surface area contributed by atoms with Crippen molar-refractivity contribution in [2.45, 2.75) is 64.7 Å². The van der Waals surface area contributed by atoms with Gasteiger partial charge in [0.15, 0.2) is 0 Å². The first kappa shape index (κ1) is 15.8. The predicted octanol–water partition coefficient (Wildman–Crippen LogP) is 3.10. The molecule has 0 aromatic rings. The fraction of sp³-hybridized carbons (Fsp3) is 0.941. The summed E-state index contributed by atoms with van der Waals surface area (Å²) in [7, 11) is 0. The highest BCUT2D eigenvalue weighted by molar-refractivity contribution is 5.78. The van der Waals surface area contributed by atoms with Crippen LogP contribution in [0.3, 0.4) is 0 Å². The number of hydrogen-bond acceptors (Lipinski definition) is 2. The lowest BCUT2D eigenvalue weighted by Gasteiger charge is -2.27. The van der Waals surface area contributed by atoms with E-state index in [0.717, 1.165) is 38.4 Å². The van der Waals surface area contributed by atoms with Gasteiger partial charge < -0.3 is 10.6 Å².